The van der Waals surface area contributed by atoms with Gasteiger partial charge in [0.2, 0.25) is 0 Å². The van der Waals surface area contributed by atoms with Crippen molar-refractivity contribution in [2.75, 3.05) is 5.73 Å². The van der Waals surface area contributed by atoms with Crippen molar-refractivity contribution in [2.24, 2.45) is 0 Å². The Morgan fingerprint density at radius 3 is 2.71 bits per heavy atom. The van der Waals surface area contributed by atoms with Crippen LogP contribution in [0.2, 0.25) is 0 Å². The van der Waals surface area contributed by atoms with Crippen LogP contribution in [0.4, 0.5) is 5.82 Å². The van der Waals surface area contributed by atoms with E-state index in [0.717, 1.165) is 17.0 Å². The van der Waals surface area contributed by atoms with Crippen LogP contribution in [0.3, 0.4) is 0 Å². The first-order chi connectivity index (χ1) is 8.13. The molecule has 0 amide bonds. The molecule has 0 spiro atoms. The molecule has 0 atom stereocenters. The molecular formula is C13H15N3O. The molecule has 0 unspecified atom stereocenters. The van der Waals surface area contributed by atoms with Gasteiger partial charge in [-0.3, -0.25) is 0 Å². The van der Waals surface area contributed by atoms with E-state index < -0.39 is 0 Å². The summed E-state index contributed by atoms with van der Waals surface area (Å²) in [5, 5.41) is 0. The van der Waals surface area contributed by atoms with E-state index in [-0.39, 0.29) is 0 Å². The average Bonchev–Trinajstić information content (AvgIpc) is 2.25. The first-order valence-corrected chi connectivity index (χ1v) is 5.43. The van der Waals surface area contributed by atoms with Crippen LogP contribution >= 0.6 is 0 Å². The standard InChI is InChI=1S/C13H15N3O/c1-9-4-3-5-11(6-9)17-8-13-15-10(2)7-12(14)16-13/h3-7H,8H2,1-2H3,(H2,14,15,16). The molecule has 0 saturated carbocycles. The first-order valence-electron chi connectivity index (χ1n) is 5.43. The van der Waals surface area contributed by atoms with Gasteiger partial charge in [-0.2, -0.15) is 0 Å². The predicted molar refractivity (Wildman–Crippen MR) is 66.7 cm³/mol. The predicted octanol–water partition coefficient (Wildman–Crippen LogP) is 2.25. The molecule has 0 radical (unpaired) electrons. The lowest BCUT2D eigenvalue weighted by atomic mass is 10.2. The molecule has 0 fully saturated rings. The minimum atomic E-state index is 0.329. The molecule has 0 saturated heterocycles. The Kier molecular flexibility index (Phi) is 3.23. The molecule has 2 rings (SSSR count). The molecule has 1 heterocycles. The molecule has 0 aliphatic heterocycles. The van der Waals surface area contributed by atoms with Crippen molar-refractivity contribution in [1.82, 2.24) is 9.97 Å². The molecule has 1 aromatic heterocycles. The molecule has 0 aliphatic carbocycles. The summed E-state index contributed by atoms with van der Waals surface area (Å²) in [6.07, 6.45) is 0. The fraction of sp³-hybridized carbons (Fsp3) is 0.231. The second-order valence-corrected chi connectivity index (χ2v) is 3.96. The number of benzene rings is 1. The van der Waals surface area contributed by atoms with E-state index in [1.807, 2.05) is 38.1 Å². The number of aromatic nitrogens is 2. The van der Waals surface area contributed by atoms with Gasteiger partial charge in [-0.05, 0) is 31.5 Å². The number of anilines is 1. The maximum absolute atomic E-state index is 5.65. The van der Waals surface area contributed by atoms with Crippen LogP contribution in [0, 0.1) is 13.8 Å². The summed E-state index contributed by atoms with van der Waals surface area (Å²) in [6.45, 7) is 4.23. The van der Waals surface area contributed by atoms with Crippen molar-refractivity contribution in [3.63, 3.8) is 0 Å². The van der Waals surface area contributed by atoms with Gasteiger partial charge in [0.05, 0.1) is 0 Å². The largest absolute Gasteiger partial charge is 0.486 e. The quantitative estimate of drug-likeness (QED) is 0.876. The molecule has 0 bridgehead atoms. The van der Waals surface area contributed by atoms with Gasteiger partial charge in [0.15, 0.2) is 5.82 Å². The molecule has 0 aliphatic rings. The third kappa shape index (κ3) is 3.17. The summed E-state index contributed by atoms with van der Waals surface area (Å²) in [7, 11) is 0. The number of ether oxygens (including phenoxy) is 1. The van der Waals surface area contributed by atoms with E-state index in [1.165, 1.54) is 0 Å². The van der Waals surface area contributed by atoms with Crippen LogP contribution in [0.1, 0.15) is 17.1 Å². The van der Waals surface area contributed by atoms with Gasteiger partial charge in [-0.1, -0.05) is 12.1 Å². The minimum Gasteiger partial charge on any atom is -0.486 e. The number of nitrogens with zero attached hydrogens (tertiary/aromatic N) is 2. The monoisotopic (exact) mass is 229 g/mol. The van der Waals surface area contributed by atoms with Crippen LogP contribution in [-0.4, -0.2) is 9.97 Å². The van der Waals surface area contributed by atoms with Gasteiger partial charge < -0.3 is 10.5 Å². The Bertz CT molecular complexity index is 506. The Morgan fingerprint density at radius 1 is 1.18 bits per heavy atom. The zero-order chi connectivity index (χ0) is 12.3. The second kappa shape index (κ2) is 4.82. The lowest BCUT2D eigenvalue weighted by Crippen LogP contribution is -2.05. The van der Waals surface area contributed by atoms with Crippen LogP contribution in [0.15, 0.2) is 30.3 Å². The number of hydrogen-bond donors (Lipinski definition) is 1. The molecule has 1 aromatic carbocycles. The van der Waals surface area contributed by atoms with Gasteiger partial charge >= 0.3 is 0 Å². The van der Waals surface area contributed by atoms with Crippen molar-refractivity contribution in [3.05, 3.63) is 47.4 Å². The highest BCUT2D eigenvalue weighted by atomic mass is 16.5. The zero-order valence-electron chi connectivity index (χ0n) is 9.97. The minimum absolute atomic E-state index is 0.329. The van der Waals surface area contributed by atoms with E-state index in [9.17, 15) is 0 Å². The highest BCUT2D eigenvalue weighted by molar-refractivity contribution is 5.30. The summed E-state index contributed by atoms with van der Waals surface area (Å²) in [5.74, 6) is 1.89. The molecule has 4 nitrogen and oxygen atoms in total. The van der Waals surface area contributed by atoms with Gasteiger partial charge in [0.25, 0.3) is 0 Å². The molecule has 2 aromatic rings. The molecule has 88 valence electrons. The highest BCUT2D eigenvalue weighted by Crippen LogP contribution is 2.13. The third-order valence-corrected chi connectivity index (χ3v) is 2.28. The third-order valence-electron chi connectivity index (χ3n) is 2.28. The van der Waals surface area contributed by atoms with E-state index in [0.29, 0.717) is 18.2 Å². The maximum atomic E-state index is 5.65. The van der Waals surface area contributed by atoms with Gasteiger partial charge in [-0.25, -0.2) is 9.97 Å². The van der Waals surface area contributed by atoms with Crippen LogP contribution in [0.25, 0.3) is 0 Å². The summed E-state index contributed by atoms with van der Waals surface area (Å²) in [6, 6.07) is 9.59. The normalized spacial score (nSPS) is 10.2. The van der Waals surface area contributed by atoms with Crippen molar-refractivity contribution < 1.29 is 4.74 Å². The maximum Gasteiger partial charge on any atom is 0.168 e. The number of hydrogen-bond acceptors (Lipinski definition) is 4. The first kappa shape index (κ1) is 11.4. The van der Waals surface area contributed by atoms with E-state index >= 15 is 0 Å². The summed E-state index contributed by atoms with van der Waals surface area (Å²) >= 11 is 0. The molecule has 17 heavy (non-hydrogen) atoms. The highest BCUT2D eigenvalue weighted by Gasteiger charge is 2.01. The Morgan fingerprint density at radius 2 is 2.00 bits per heavy atom. The fourth-order valence-electron chi connectivity index (χ4n) is 1.57. The number of rotatable bonds is 3. The Hall–Kier alpha value is -2.10. The average molecular weight is 229 g/mol. The van der Waals surface area contributed by atoms with Crippen molar-refractivity contribution in [3.8, 4) is 5.75 Å². The number of aryl methyl sites for hydroxylation is 2. The summed E-state index contributed by atoms with van der Waals surface area (Å²) in [5.41, 5.74) is 7.65. The number of nitrogens with two attached hydrogens (primary N) is 1. The zero-order valence-corrected chi connectivity index (χ0v) is 9.97. The summed E-state index contributed by atoms with van der Waals surface area (Å²) in [4.78, 5) is 8.37. The smallest absolute Gasteiger partial charge is 0.168 e. The van der Waals surface area contributed by atoms with Crippen LogP contribution in [0.5, 0.6) is 5.75 Å². The molecule has 4 heteroatoms. The van der Waals surface area contributed by atoms with Crippen LogP contribution in [-0.2, 0) is 6.61 Å². The topological polar surface area (TPSA) is 61.0 Å². The fourth-order valence-corrected chi connectivity index (χ4v) is 1.57. The van der Waals surface area contributed by atoms with Gasteiger partial charge in [0.1, 0.15) is 18.2 Å². The Balaban J connectivity index is 2.07. The van der Waals surface area contributed by atoms with Crippen molar-refractivity contribution in [1.29, 1.82) is 0 Å². The summed E-state index contributed by atoms with van der Waals surface area (Å²) < 4.78 is 5.60. The molecular weight excluding hydrogens is 214 g/mol. The van der Waals surface area contributed by atoms with Crippen molar-refractivity contribution >= 4 is 5.82 Å². The second-order valence-electron chi connectivity index (χ2n) is 3.96. The van der Waals surface area contributed by atoms with E-state index in [4.69, 9.17) is 10.5 Å². The van der Waals surface area contributed by atoms with Crippen molar-refractivity contribution in [2.45, 2.75) is 20.5 Å². The molecule has 2 N–H and O–H groups in total. The van der Waals surface area contributed by atoms with E-state index in [1.54, 1.807) is 6.07 Å². The van der Waals surface area contributed by atoms with Gasteiger partial charge in [0, 0.05) is 11.8 Å². The lowest BCUT2D eigenvalue weighted by molar-refractivity contribution is 0.295. The Labute approximate surface area is 100 Å². The lowest BCUT2D eigenvalue weighted by Gasteiger charge is -2.06. The van der Waals surface area contributed by atoms with Crippen LogP contribution < -0.4 is 10.5 Å². The van der Waals surface area contributed by atoms with Gasteiger partial charge in [-0.15, -0.1) is 0 Å². The number of nitrogen functional groups attached to an aromatic ring is 1. The van der Waals surface area contributed by atoms with E-state index in [2.05, 4.69) is 9.97 Å². The SMILES string of the molecule is Cc1cccc(OCc2nc(C)cc(N)n2)c1.